The van der Waals surface area contributed by atoms with Gasteiger partial charge in [-0.1, -0.05) is 19.9 Å². The van der Waals surface area contributed by atoms with Crippen LogP contribution in [0.5, 0.6) is 5.75 Å². The number of aromatic nitrogens is 1. The Morgan fingerprint density at radius 2 is 2.07 bits per heavy atom. The van der Waals surface area contributed by atoms with Gasteiger partial charge in [0.2, 0.25) is 0 Å². The predicted molar refractivity (Wildman–Crippen MR) is 114 cm³/mol. The first-order valence-electron chi connectivity index (χ1n) is 10.4. The predicted octanol–water partition coefficient (Wildman–Crippen LogP) is 4.95. The first-order valence-corrected chi connectivity index (χ1v) is 10.4. The molecule has 3 aliphatic rings. The van der Waals surface area contributed by atoms with Crippen molar-refractivity contribution in [2.24, 2.45) is 11.8 Å². The largest absolute Gasteiger partial charge is 0.497 e. The van der Waals surface area contributed by atoms with E-state index in [1.807, 2.05) is 13.2 Å². The molecular weight excluding hydrogens is 348 g/mol. The Bertz CT molecular complexity index is 863. The zero-order valence-electron chi connectivity index (χ0n) is 17.5. The minimum atomic E-state index is 0.0312. The molecule has 0 radical (unpaired) electrons. The van der Waals surface area contributed by atoms with E-state index in [-0.39, 0.29) is 6.10 Å². The Morgan fingerprint density at radius 1 is 1.25 bits per heavy atom. The van der Waals surface area contributed by atoms with Crippen molar-refractivity contribution in [3.05, 3.63) is 48.2 Å². The molecular formula is C24H32N2O2. The van der Waals surface area contributed by atoms with Gasteiger partial charge in [-0.05, 0) is 67.0 Å². The molecule has 0 amide bonds. The molecule has 5 atom stereocenters. The molecule has 0 aliphatic carbocycles. The molecule has 28 heavy (non-hydrogen) atoms. The van der Waals surface area contributed by atoms with Crippen LogP contribution >= 0.6 is 0 Å². The van der Waals surface area contributed by atoms with Crippen LogP contribution in [-0.2, 0) is 4.74 Å². The summed E-state index contributed by atoms with van der Waals surface area (Å²) in [5, 5.41) is 1.14. The lowest BCUT2D eigenvalue weighted by Crippen LogP contribution is -2.55. The minimum absolute atomic E-state index is 0.0312. The normalized spacial score (nSPS) is 27.9. The van der Waals surface area contributed by atoms with E-state index in [9.17, 15) is 0 Å². The average Bonchev–Trinajstić information content (AvgIpc) is 2.74. The third-order valence-electron chi connectivity index (χ3n) is 6.72. The van der Waals surface area contributed by atoms with Gasteiger partial charge in [0, 0.05) is 30.8 Å². The molecule has 3 unspecified atom stereocenters. The Hall–Kier alpha value is -1.91. The molecule has 0 spiro atoms. The van der Waals surface area contributed by atoms with Crippen molar-refractivity contribution in [2.45, 2.75) is 44.8 Å². The fourth-order valence-corrected chi connectivity index (χ4v) is 5.09. The van der Waals surface area contributed by atoms with E-state index in [4.69, 9.17) is 14.5 Å². The summed E-state index contributed by atoms with van der Waals surface area (Å²) in [5.41, 5.74) is 3.38. The summed E-state index contributed by atoms with van der Waals surface area (Å²) >= 11 is 0. The van der Waals surface area contributed by atoms with E-state index >= 15 is 0 Å². The highest BCUT2D eigenvalue weighted by Crippen LogP contribution is 2.43. The third-order valence-corrected chi connectivity index (χ3v) is 6.72. The highest BCUT2D eigenvalue weighted by atomic mass is 16.5. The summed E-state index contributed by atoms with van der Waals surface area (Å²) in [6.45, 7) is 10.7. The maximum absolute atomic E-state index is 6.18. The number of hydrogen-bond donors (Lipinski definition) is 0. The van der Waals surface area contributed by atoms with Gasteiger partial charge in [-0.2, -0.15) is 0 Å². The van der Waals surface area contributed by atoms with E-state index in [1.54, 1.807) is 7.11 Å². The molecule has 0 saturated carbocycles. The van der Waals surface area contributed by atoms with Gasteiger partial charge in [0.15, 0.2) is 0 Å². The van der Waals surface area contributed by atoms with Crippen LogP contribution in [0.3, 0.4) is 0 Å². The molecule has 2 aromatic rings. The lowest BCUT2D eigenvalue weighted by Gasteiger charge is -2.51. The standard InChI is InChI=1S/C24H32N2O2/c1-6-16-14-26-10-9-17(16)11-23(26)24(28-5)20-13-22(15(2)3)25-21-8-7-18(27-4)12-19(20)21/h6-8,12-13,15-17,23-24H,1,9-11,14H2,2-5H3/t16?,17?,23-,24+/m0/s1. The summed E-state index contributed by atoms with van der Waals surface area (Å²) in [5.74, 6) is 2.57. The van der Waals surface area contributed by atoms with Gasteiger partial charge in [0.25, 0.3) is 0 Å². The number of hydrogen-bond acceptors (Lipinski definition) is 4. The lowest BCUT2D eigenvalue weighted by atomic mass is 9.73. The van der Waals surface area contributed by atoms with Gasteiger partial charge >= 0.3 is 0 Å². The van der Waals surface area contributed by atoms with Gasteiger partial charge < -0.3 is 9.47 Å². The van der Waals surface area contributed by atoms with Crippen LogP contribution < -0.4 is 4.74 Å². The second-order valence-corrected chi connectivity index (χ2v) is 8.58. The maximum Gasteiger partial charge on any atom is 0.119 e. The van der Waals surface area contributed by atoms with Crippen LogP contribution in [0, 0.1) is 11.8 Å². The molecule has 1 aromatic carbocycles. The highest BCUT2D eigenvalue weighted by molar-refractivity contribution is 5.84. The summed E-state index contributed by atoms with van der Waals surface area (Å²) in [7, 11) is 3.56. The number of methoxy groups -OCH3 is 2. The molecule has 3 fully saturated rings. The smallest absolute Gasteiger partial charge is 0.119 e. The van der Waals surface area contributed by atoms with E-state index in [1.165, 1.54) is 18.4 Å². The van der Waals surface area contributed by atoms with Gasteiger partial charge in [-0.15, -0.1) is 6.58 Å². The molecule has 150 valence electrons. The lowest BCUT2D eigenvalue weighted by molar-refractivity contribution is -0.0601. The number of rotatable bonds is 6. The zero-order valence-corrected chi connectivity index (χ0v) is 17.5. The Morgan fingerprint density at radius 3 is 2.68 bits per heavy atom. The Labute approximate surface area is 168 Å². The van der Waals surface area contributed by atoms with Gasteiger partial charge in [0.1, 0.15) is 5.75 Å². The first kappa shape index (κ1) is 19.4. The van der Waals surface area contributed by atoms with Gasteiger partial charge in [-0.25, -0.2) is 0 Å². The van der Waals surface area contributed by atoms with Gasteiger partial charge in [-0.3, -0.25) is 9.88 Å². The summed E-state index contributed by atoms with van der Waals surface area (Å²) in [6, 6.07) is 8.83. The topological polar surface area (TPSA) is 34.6 Å². The number of nitrogens with zero attached hydrogens (tertiary/aromatic N) is 2. The van der Waals surface area contributed by atoms with Gasteiger partial charge in [0.05, 0.1) is 18.7 Å². The summed E-state index contributed by atoms with van der Waals surface area (Å²) in [6.07, 6.45) is 4.62. The summed E-state index contributed by atoms with van der Waals surface area (Å²) < 4.78 is 11.7. The number of piperidine rings is 3. The van der Waals surface area contributed by atoms with Crippen LogP contribution in [0.4, 0.5) is 0 Å². The molecule has 4 heterocycles. The monoisotopic (exact) mass is 380 g/mol. The molecule has 1 aromatic heterocycles. The van der Waals surface area contributed by atoms with Crippen molar-refractivity contribution in [3.8, 4) is 5.75 Å². The van der Waals surface area contributed by atoms with Crippen molar-refractivity contribution in [1.82, 2.24) is 9.88 Å². The van der Waals surface area contributed by atoms with Crippen molar-refractivity contribution >= 4 is 10.9 Å². The maximum atomic E-state index is 6.18. The van der Waals surface area contributed by atoms with Crippen LogP contribution in [-0.4, -0.2) is 43.2 Å². The average molecular weight is 381 g/mol. The van der Waals surface area contributed by atoms with Crippen LogP contribution in [0.1, 0.15) is 50.0 Å². The fourth-order valence-electron chi connectivity index (χ4n) is 5.09. The fraction of sp³-hybridized carbons (Fsp3) is 0.542. The molecule has 3 aliphatic heterocycles. The number of fused-ring (bicyclic) bond motifs is 4. The SMILES string of the molecule is C=CC1CN2CCC1C[C@H]2[C@H](OC)c1cc(C(C)C)nc2ccc(OC)cc12. The minimum Gasteiger partial charge on any atom is -0.497 e. The number of benzene rings is 1. The molecule has 4 heteroatoms. The number of ether oxygens (including phenoxy) is 2. The quantitative estimate of drug-likeness (QED) is 0.664. The highest BCUT2D eigenvalue weighted by Gasteiger charge is 2.43. The molecule has 5 rings (SSSR count). The molecule has 4 nitrogen and oxygen atoms in total. The second-order valence-electron chi connectivity index (χ2n) is 8.58. The third kappa shape index (κ3) is 3.33. The van der Waals surface area contributed by atoms with E-state index in [0.717, 1.165) is 41.4 Å². The first-order chi connectivity index (χ1) is 13.5. The van der Waals surface area contributed by atoms with Crippen molar-refractivity contribution in [1.29, 1.82) is 0 Å². The Kier molecular flexibility index (Phi) is 5.44. The van der Waals surface area contributed by atoms with E-state index in [0.29, 0.717) is 17.9 Å². The van der Waals surface area contributed by atoms with Crippen molar-refractivity contribution in [2.75, 3.05) is 27.3 Å². The van der Waals surface area contributed by atoms with Crippen LogP contribution in [0.25, 0.3) is 10.9 Å². The number of pyridine rings is 1. The van der Waals surface area contributed by atoms with Crippen molar-refractivity contribution in [3.63, 3.8) is 0 Å². The molecule has 0 N–H and O–H groups in total. The van der Waals surface area contributed by atoms with Crippen molar-refractivity contribution < 1.29 is 9.47 Å². The summed E-state index contributed by atoms with van der Waals surface area (Å²) in [4.78, 5) is 7.52. The van der Waals surface area contributed by atoms with Crippen LogP contribution in [0.15, 0.2) is 36.9 Å². The molecule has 2 bridgehead atoms. The van der Waals surface area contributed by atoms with E-state index in [2.05, 4.69) is 49.6 Å². The Balaban J connectivity index is 1.80. The zero-order chi connectivity index (χ0) is 19.8. The second kappa shape index (κ2) is 7.84. The van der Waals surface area contributed by atoms with Crippen LogP contribution in [0.2, 0.25) is 0 Å². The molecule has 3 saturated heterocycles. The van der Waals surface area contributed by atoms with E-state index < -0.39 is 0 Å².